The predicted octanol–water partition coefficient (Wildman–Crippen LogP) is 1.67. The Bertz CT molecular complexity index is 490. The van der Waals surface area contributed by atoms with E-state index in [4.69, 9.17) is 15.2 Å². The Morgan fingerprint density at radius 1 is 1.29 bits per heavy atom. The maximum absolute atomic E-state index is 11.9. The fourth-order valence-corrected chi connectivity index (χ4v) is 2.32. The lowest BCUT2D eigenvalue weighted by molar-refractivity contribution is -0.129. The average Bonchev–Trinajstić information content (AvgIpc) is 2.44. The molecule has 1 aromatic rings. The van der Waals surface area contributed by atoms with E-state index in [0.29, 0.717) is 18.0 Å². The first kappa shape index (κ1) is 17.6. The average molecular weight is 315 g/mol. The molecule has 5 nitrogen and oxygen atoms in total. The summed E-state index contributed by atoms with van der Waals surface area (Å²) in [4.78, 5) is 11.9. The van der Waals surface area contributed by atoms with Gasteiger partial charge in [0.2, 0.25) is 5.91 Å². The summed E-state index contributed by atoms with van der Waals surface area (Å²) in [5, 5.41) is 2.90. The molecule has 0 bridgehead atoms. The number of benzene rings is 1. The van der Waals surface area contributed by atoms with Crippen LogP contribution in [-0.4, -0.2) is 32.2 Å². The third-order valence-electron chi connectivity index (χ3n) is 3.85. The number of hydrogen-bond donors (Lipinski definition) is 2. The van der Waals surface area contributed by atoms with Crippen LogP contribution in [0.1, 0.15) is 24.8 Å². The molecule has 0 saturated heterocycles. The second-order valence-corrected chi connectivity index (χ2v) is 5.20. The number of amides is 1. The van der Waals surface area contributed by atoms with E-state index < -0.39 is 5.54 Å². The van der Waals surface area contributed by atoms with Crippen LogP contribution in [0.5, 0.6) is 11.5 Å². The SMILES string of the molecule is COc1ccc(CCNC(=O)C2(N)CCC2)cc1OC.Cl. The minimum atomic E-state index is -0.627. The van der Waals surface area contributed by atoms with Crippen molar-refractivity contribution in [1.29, 1.82) is 0 Å². The van der Waals surface area contributed by atoms with E-state index in [9.17, 15) is 4.79 Å². The van der Waals surface area contributed by atoms with Crippen molar-refractivity contribution in [2.75, 3.05) is 20.8 Å². The Hall–Kier alpha value is -1.46. The minimum Gasteiger partial charge on any atom is -0.493 e. The van der Waals surface area contributed by atoms with Crippen molar-refractivity contribution in [3.8, 4) is 11.5 Å². The number of carbonyl (C=O) groups excluding carboxylic acids is 1. The van der Waals surface area contributed by atoms with Crippen LogP contribution in [-0.2, 0) is 11.2 Å². The molecule has 1 aromatic carbocycles. The lowest BCUT2D eigenvalue weighted by atomic mass is 9.77. The fourth-order valence-electron chi connectivity index (χ4n) is 2.32. The summed E-state index contributed by atoms with van der Waals surface area (Å²) < 4.78 is 10.4. The van der Waals surface area contributed by atoms with Crippen LogP contribution in [0.4, 0.5) is 0 Å². The summed E-state index contributed by atoms with van der Waals surface area (Å²) in [6.07, 6.45) is 3.35. The summed E-state index contributed by atoms with van der Waals surface area (Å²) in [6.45, 7) is 0.577. The molecule has 0 spiro atoms. The molecule has 0 unspecified atom stereocenters. The Kier molecular flexibility index (Phi) is 6.30. The van der Waals surface area contributed by atoms with Gasteiger partial charge in [-0.1, -0.05) is 6.07 Å². The number of rotatable bonds is 6. The highest BCUT2D eigenvalue weighted by atomic mass is 35.5. The highest BCUT2D eigenvalue weighted by Gasteiger charge is 2.39. The van der Waals surface area contributed by atoms with Crippen molar-refractivity contribution in [1.82, 2.24) is 5.32 Å². The maximum atomic E-state index is 11.9. The molecule has 1 amide bonds. The molecule has 6 heteroatoms. The van der Waals surface area contributed by atoms with E-state index in [2.05, 4.69) is 5.32 Å². The summed E-state index contributed by atoms with van der Waals surface area (Å²) >= 11 is 0. The lowest BCUT2D eigenvalue weighted by Crippen LogP contribution is -2.58. The van der Waals surface area contributed by atoms with Gasteiger partial charge in [-0.2, -0.15) is 0 Å². The summed E-state index contributed by atoms with van der Waals surface area (Å²) in [7, 11) is 3.22. The van der Waals surface area contributed by atoms with E-state index in [1.165, 1.54) is 0 Å². The zero-order valence-electron chi connectivity index (χ0n) is 12.5. The van der Waals surface area contributed by atoms with Gasteiger partial charge in [-0.25, -0.2) is 0 Å². The second-order valence-electron chi connectivity index (χ2n) is 5.20. The van der Waals surface area contributed by atoms with Crippen LogP contribution in [0.2, 0.25) is 0 Å². The lowest BCUT2D eigenvalue weighted by Gasteiger charge is -2.36. The molecule has 118 valence electrons. The van der Waals surface area contributed by atoms with Crippen LogP contribution in [0, 0.1) is 0 Å². The van der Waals surface area contributed by atoms with Gasteiger partial charge in [0.15, 0.2) is 11.5 Å². The Balaban J connectivity index is 0.00000220. The topological polar surface area (TPSA) is 73.6 Å². The molecule has 0 aliphatic heterocycles. The largest absolute Gasteiger partial charge is 0.493 e. The third kappa shape index (κ3) is 4.02. The zero-order valence-corrected chi connectivity index (χ0v) is 13.3. The second kappa shape index (κ2) is 7.52. The van der Waals surface area contributed by atoms with Crippen LogP contribution in [0.15, 0.2) is 18.2 Å². The van der Waals surface area contributed by atoms with Crippen molar-refractivity contribution in [3.05, 3.63) is 23.8 Å². The molecule has 1 aliphatic rings. The predicted molar refractivity (Wildman–Crippen MR) is 84.3 cm³/mol. The molecule has 21 heavy (non-hydrogen) atoms. The molecule has 1 aliphatic carbocycles. The van der Waals surface area contributed by atoms with E-state index >= 15 is 0 Å². The summed E-state index contributed by atoms with van der Waals surface area (Å²) in [5.74, 6) is 1.37. The molecular weight excluding hydrogens is 292 g/mol. The molecule has 0 aromatic heterocycles. The Morgan fingerprint density at radius 2 is 1.95 bits per heavy atom. The molecule has 3 N–H and O–H groups in total. The van der Waals surface area contributed by atoms with E-state index in [-0.39, 0.29) is 18.3 Å². The van der Waals surface area contributed by atoms with Crippen LogP contribution in [0.3, 0.4) is 0 Å². The van der Waals surface area contributed by atoms with Gasteiger partial charge in [-0.15, -0.1) is 12.4 Å². The third-order valence-corrected chi connectivity index (χ3v) is 3.85. The van der Waals surface area contributed by atoms with Gasteiger partial charge >= 0.3 is 0 Å². The van der Waals surface area contributed by atoms with Crippen LogP contribution >= 0.6 is 12.4 Å². The van der Waals surface area contributed by atoms with Crippen LogP contribution < -0.4 is 20.5 Å². The quantitative estimate of drug-likeness (QED) is 0.837. The summed E-state index contributed by atoms with van der Waals surface area (Å²) in [5.41, 5.74) is 6.42. The van der Waals surface area contributed by atoms with Gasteiger partial charge in [-0.3, -0.25) is 4.79 Å². The summed E-state index contributed by atoms with van der Waals surface area (Å²) in [6, 6.07) is 5.76. The van der Waals surface area contributed by atoms with Gasteiger partial charge in [0.1, 0.15) is 0 Å². The van der Waals surface area contributed by atoms with Crippen molar-refractivity contribution in [3.63, 3.8) is 0 Å². The van der Waals surface area contributed by atoms with Gasteiger partial charge in [0, 0.05) is 6.54 Å². The van der Waals surface area contributed by atoms with Gasteiger partial charge in [0.25, 0.3) is 0 Å². The number of ether oxygens (including phenoxy) is 2. The monoisotopic (exact) mass is 314 g/mol. The molecular formula is C15H23ClN2O3. The normalized spacial score (nSPS) is 15.4. The Morgan fingerprint density at radius 3 is 2.48 bits per heavy atom. The number of halogens is 1. The molecule has 1 fully saturated rings. The van der Waals surface area contributed by atoms with Crippen LogP contribution in [0.25, 0.3) is 0 Å². The van der Waals surface area contributed by atoms with Gasteiger partial charge in [-0.05, 0) is 43.4 Å². The highest BCUT2D eigenvalue weighted by Crippen LogP contribution is 2.29. The van der Waals surface area contributed by atoms with Crippen molar-refractivity contribution >= 4 is 18.3 Å². The van der Waals surface area contributed by atoms with Gasteiger partial charge < -0.3 is 20.5 Å². The van der Waals surface area contributed by atoms with E-state index in [1.54, 1.807) is 14.2 Å². The number of hydrogen-bond acceptors (Lipinski definition) is 4. The number of methoxy groups -OCH3 is 2. The smallest absolute Gasteiger partial charge is 0.240 e. The minimum absolute atomic E-state index is 0. The van der Waals surface area contributed by atoms with E-state index in [0.717, 1.165) is 31.2 Å². The van der Waals surface area contributed by atoms with Crippen molar-refractivity contribution in [2.45, 2.75) is 31.2 Å². The Labute approximate surface area is 131 Å². The maximum Gasteiger partial charge on any atom is 0.240 e. The fraction of sp³-hybridized carbons (Fsp3) is 0.533. The van der Waals surface area contributed by atoms with E-state index in [1.807, 2.05) is 18.2 Å². The molecule has 0 atom stereocenters. The standard InChI is InChI=1S/C15H22N2O3.ClH/c1-19-12-5-4-11(10-13(12)20-2)6-9-17-14(18)15(16)7-3-8-15;/h4-5,10H,3,6-9,16H2,1-2H3,(H,17,18);1H. The molecule has 1 saturated carbocycles. The van der Waals surface area contributed by atoms with Crippen molar-refractivity contribution < 1.29 is 14.3 Å². The highest BCUT2D eigenvalue weighted by molar-refractivity contribution is 5.87. The first-order chi connectivity index (χ1) is 9.59. The number of nitrogens with two attached hydrogens (primary N) is 1. The first-order valence-corrected chi connectivity index (χ1v) is 6.87. The molecule has 0 heterocycles. The molecule has 2 rings (SSSR count). The van der Waals surface area contributed by atoms with Gasteiger partial charge in [0.05, 0.1) is 19.8 Å². The number of carbonyl (C=O) groups is 1. The molecule has 0 radical (unpaired) electrons. The van der Waals surface area contributed by atoms with Crippen molar-refractivity contribution in [2.24, 2.45) is 5.73 Å². The number of nitrogens with one attached hydrogen (secondary N) is 1. The first-order valence-electron chi connectivity index (χ1n) is 6.87. The zero-order chi connectivity index (χ0) is 14.6.